The van der Waals surface area contributed by atoms with Gasteiger partial charge < -0.3 is 10.1 Å². The van der Waals surface area contributed by atoms with E-state index < -0.39 is 0 Å². The molecule has 0 radical (unpaired) electrons. The first-order valence-corrected chi connectivity index (χ1v) is 7.37. The minimum absolute atomic E-state index is 0.107. The van der Waals surface area contributed by atoms with Crippen LogP contribution in [-0.2, 0) is 23.1 Å². The Labute approximate surface area is 115 Å². The van der Waals surface area contributed by atoms with Crippen LogP contribution in [0, 0.1) is 0 Å². The highest BCUT2D eigenvalue weighted by molar-refractivity contribution is 7.11. The minimum Gasteiger partial charge on any atom is -0.384 e. The van der Waals surface area contributed by atoms with E-state index in [1.54, 1.807) is 7.11 Å². The fraction of sp³-hybridized carbons (Fsp3) is 0.786. The van der Waals surface area contributed by atoms with Crippen LogP contribution in [0.4, 0.5) is 0 Å². The van der Waals surface area contributed by atoms with Crippen LogP contribution < -0.4 is 5.32 Å². The first-order valence-electron chi connectivity index (χ1n) is 6.56. The van der Waals surface area contributed by atoms with Gasteiger partial charge in [0.1, 0.15) is 0 Å². The van der Waals surface area contributed by atoms with Gasteiger partial charge >= 0.3 is 0 Å². The Morgan fingerprint density at radius 3 is 2.50 bits per heavy atom. The van der Waals surface area contributed by atoms with E-state index >= 15 is 0 Å². The van der Waals surface area contributed by atoms with Crippen molar-refractivity contribution < 1.29 is 4.74 Å². The maximum atomic E-state index is 5.13. The Morgan fingerprint density at radius 2 is 2.00 bits per heavy atom. The second-order valence-corrected chi connectivity index (χ2v) is 7.08. The van der Waals surface area contributed by atoms with Crippen molar-refractivity contribution in [2.45, 2.75) is 59.0 Å². The standard InChI is InChI=1S/C14H26N2OS/c1-10(2)15-9-11-13(14(3,4)5)16-12(18-11)7-8-17-6/h10,15H,7-9H2,1-6H3. The Bertz CT molecular complexity index is 366. The molecule has 0 saturated heterocycles. The van der Waals surface area contributed by atoms with Crippen LogP contribution in [0.3, 0.4) is 0 Å². The molecular weight excluding hydrogens is 244 g/mol. The molecule has 0 aliphatic carbocycles. The number of hydrogen-bond acceptors (Lipinski definition) is 4. The Morgan fingerprint density at radius 1 is 1.33 bits per heavy atom. The Kier molecular flexibility index (Phi) is 5.76. The smallest absolute Gasteiger partial charge is 0.0954 e. The van der Waals surface area contributed by atoms with Crippen LogP contribution in [0.15, 0.2) is 0 Å². The van der Waals surface area contributed by atoms with Crippen LogP contribution in [-0.4, -0.2) is 24.7 Å². The van der Waals surface area contributed by atoms with Gasteiger partial charge in [0.25, 0.3) is 0 Å². The highest BCUT2D eigenvalue weighted by Crippen LogP contribution is 2.29. The van der Waals surface area contributed by atoms with Gasteiger partial charge in [-0.2, -0.15) is 0 Å². The number of hydrogen-bond donors (Lipinski definition) is 1. The largest absolute Gasteiger partial charge is 0.384 e. The van der Waals surface area contributed by atoms with Crippen molar-refractivity contribution in [3.8, 4) is 0 Å². The molecule has 1 aromatic rings. The summed E-state index contributed by atoms with van der Waals surface area (Å²) in [7, 11) is 1.74. The van der Waals surface area contributed by atoms with E-state index in [0.717, 1.165) is 19.6 Å². The van der Waals surface area contributed by atoms with Crippen LogP contribution >= 0.6 is 11.3 Å². The number of rotatable bonds is 6. The maximum Gasteiger partial charge on any atom is 0.0954 e. The van der Waals surface area contributed by atoms with Gasteiger partial charge in [-0.1, -0.05) is 34.6 Å². The highest BCUT2D eigenvalue weighted by atomic mass is 32.1. The number of methoxy groups -OCH3 is 1. The molecule has 0 atom stereocenters. The van der Waals surface area contributed by atoms with Crippen LogP contribution in [0.2, 0.25) is 0 Å². The van der Waals surface area contributed by atoms with Gasteiger partial charge in [-0.3, -0.25) is 0 Å². The molecule has 1 rings (SSSR count). The van der Waals surface area contributed by atoms with Crippen molar-refractivity contribution in [2.24, 2.45) is 0 Å². The van der Waals surface area contributed by atoms with Crippen molar-refractivity contribution in [3.63, 3.8) is 0 Å². The summed E-state index contributed by atoms with van der Waals surface area (Å²) in [5.74, 6) is 0. The lowest BCUT2D eigenvalue weighted by Crippen LogP contribution is -2.23. The Hall–Kier alpha value is -0.450. The zero-order valence-corrected chi connectivity index (χ0v) is 13.3. The highest BCUT2D eigenvalue weighted by Gasteiger charge is 2.22. The van der Waals surface area contributed by atoms with Crippen LogP contribution in [0.25, 0.3) is 0 Å². The number of aromatic nitrogens is 1. The summed E-state index contributed by atoms with van der Waals surface area (Å²) in [6.07, 6.45) is 0.909. The van der Waals surface area contributed by atoms with E-state index in [0.29, 0.717) is 6.04 Å². The molecule has 0 bridgehead atoms. The average Bonchev–Trinajstić information content (AvgIpc) is 2.66. The lowest BCUT2D eigenvalue weighted by Gasteiger charge is -2.18. The quantitative estimate of drug-likeness (QED) is 0.862. The molecule has 18 heavy (non-hydrogen) atoms. The number of ether oxygens (including phenoxy) is 1. The van der Waals surface area contributed by atoms with E-state index in [1.165, 1.54) is 15.6 Å². The summed E-state index contributed by atoms with van der Waals surface area (Å²) in [6, 6.07) is 0.502. The molecule has 0 aliphatic heterocycles. The van der Waals surface area contributed by atoms with Gasteiger partial charge in [0.15, 0.2) is 0 Å². The molecule has 0 saturated carbocycles. The van der Waals surface area contributed by atoms with Crippen molar-refractivity contribution >= 4 is 11.3 Å². The molecule has 0 aromatic carbocycles. The van der Waals surface area contributed by atoms with Crippen LogP contribution in [0.1, 0.15) is 50.2 Å². The molecule has 0 amide bonds. The Balaban J connectivity index is 2.87. The lowest BCUT2D eigenvalue weighted by atomic mass is 9.91. The number of nitrogens with zero attached hydrogens (tertiary/aromatic N) is 1. The maximum absolute atomic E-state index is 5.13. The second kappa shape index (κ2) is 6.64. The molecular formula is C14H26N2OS. The van der Waals surface area contributed by atoms with Gasteiger partial charge in [0.05, 0.1) is 17.3 Å². The summed E-state index contributed by atoms with van der Waals surface area (Å²) in [4.78, 5) is 6.16. The van der Waals surface area contributed by atoms with E-state index in [9.17, 15) is 0 Å². The van der Waals surface area contributed by atoms with Gasteiger partial charge in [-0.05, 0) is 0 Å². The molecule has 1 heterocycles. The molecule has 4 heteroatoms. The average molecular weight is 270 g/mol. The normalized spacial score (nSPS) is 12.4. The minimum atomic E-state index is 0.107. The predicted molar refractivity (Wildman–Crippen MR) is 78.4 cm³/mol. The van der Waals surface area contributed by atoms with Gasteiger partial charge in [-0.25, -0.2) is 4.98 Å². The first-order chi connectivity index (χ1) is 8.34. The van der Waals surface area contributed by atoms with E-state index in [2.05, 4.69) is 39.9 Å². The topological polar surface area (TPSA) is 34.1 Å². The SMILES string of the molecule is COCCc1nc(C(C)(C)C)c(CNC(C)C)s1. The van der Waals surface area contributed by atoms with E-state index in [4.69, 9.17) is 9.72 Å². The van der Waals surface area contributed by atoms with Crippen molar-refractivity contribution in [1.82, 2.24) is 10.3 Å². The van der Waals surface area contributed by atoms with Crippen LogP contribution in [0.5, 0.6) is 0 Å². The molecule has 1 aromatic heterocycles. The summed E-state index contributed by atoms with van der Waals surface area (Å²) < 4.78 is 5.13. The molecule has 0 spiro atoms. The fourth-order valence-corrected chi connectivity index (χ4v) is 2.91. The van der Waals surface area contributed by atoms with Crippen molar-refractivity contribution in [3.05, 3.63) is 15.6 Å². The van der Waals surface area contributed by atoms with E-state index in [-0.39, 0.29) is 5.41 Å². The first kappa shape index (κ1) is 15.6. The van der Waals surface area contributed by atoms with Gasteiger partial charge in [-0.15, -0.1) is 11.3 Å². The third-order valence-electron chi connectivity index (χ3n) is 2.64. The van der Waals surface area contributed by atoms with Crippen molar-refractivity contribution in [2.75, 3.05) is 13.7 Å². The number of nitrogens with one attached hydrogen (secondary N) is 1. The second-order valence-electron chi connectivity index (χ2n) is 5.91. The molecule has 3 nitrogen and oxygen atoms in total. The molecule has 0 fully saturated rings. The summed E-state index contributed by atoms with van der Waals surface area (Å²) in [5.41, 5.74) is 1.34. The zero-order chi connectivity index (χ0) is 13.8. The lowest BCUT2D eigenvalue weighted by molar-refractivity contribution is 0.202. The summed E-state index contributed by atoms with van der Waals surface area (Å²) in [6.45, 7) is 12.7. The monoisotopic (exact) mass is 270 g/mol. The predicted octanol–water partition coefficient (Wildman–Crippen LogP) is 3.13. The van der Waals surface area contributed by atoms with Crippen molar-refractivity contribution in [1.29, 1.82) is 0 Å². The fourth-order valence-electron chi connectivity index (χ4n) is 1.70. The molecule has 104 valence electrons. The third kappa shape index (κ3) is 4.67. The summed E-state index contributed by atoms with van der Waals surface area (Å²) >= 11 is 1.81. The summed E-state index contributed by atoms with van der Waals surface area (Å²) in [5, 5.41) is 4.67. The van der Waals surface area contributed by atoms with Gasteiger partial charge in [0, 0.05) is 36.4 Å². The zero-order valence-electron chi connectivity index (χ0n) is 12.5. The molecule has 1 N–H and O–H groups in total. The number of thiazole rings is 1. The molecule has 0 aliphatic rings. The van der Waals surface area contributed by atoms with E-state index in [1.807, 2.05) is 11.3 Å². The molecule has 0 unspecified atom stereocenters. The third-order valence-corrected chi connectivity index (χ3v) is 3.76. The van der Waals surface area contributed by atoms with Gasteiger partial charge in [0.2, 0.25) is 0 Å².